The molecule has 2 rings (SSSR count). The van der Waals surface area contributed by atoms with Gasteiger partial charge in [0.2, 0.25) is 0 Å². The molecule has 21 heavy (non-hydrogen) atoms. The van der Waals surface area contributed by atoms with Gasteiger partial charge in [0.25, 0.3) is 0 Å². The van der Waals surface area contributed by atoms with Crippen molar-refractivity contribution >= 4 is 15.9 Å². The fraction of sp³-hybridized carbons (Fsp3) is 0.333. The number of rotatable bonds is 6. The van der Waals surface area contributed by atoms with E-state index in [0.717, 1.165) is 23.1 Å². The summed E-state index contributed by atoms with van der Waals surface area (Å²) in [6, 6.07) is 15.0. The summed E-state index contributed by atoms with van der Waals surface area (Å²) < 4.78 is 6.44. The van der Waals surface area contributed by atoms with Crippen LogP contribution in [0, 0.1) is 0 Å². The molecule has 0 heterocycles. The van der Waals surface area contributed by atoms with Gasteiger partial charge in [-0.3, -0.25) is 0 Å². The Kier molecular flexibility index (Phi) is 5.83. The molecule has 112 valence electrons. The summed E-state index contributed by atoms with van der Waals surface area (Å²) in [6.07, 6.45) is 2.28. The number of aryl methyl sites for hydroxylation is 1. The summed E-state index contributed by atoms with van der Waals surface area (Å²) in [7, 11) is 3.69. The normalized spacial score (nSPS) is 12.2. The molecule has 0 saturated carbocycles. The van der Waals surface area contributed by atoms with E-state index < -0.39 is 0 Å². The lowest BCUT2D eigenvalue weighted by atomic mass is 9.96. The molecule has 0 saturated heterocycles. The van der Waals surface area contributed by atoms with Crippen LogP contribution in [0.3, 0.4) is 0 Å². The Morgan fingerprint density at radius 3 is 2.67 bits per heavy atom. The molecule has 0 fully saturated rings. The maximum atomic E-state index is 5.35. The van der Waals surface area contributed by atoms with Gasteiger partial charge >= 0.3 is 0 Å². The molecular weight excluding hydrogens is 326 g/mol. The average Bonchev–Trinajstić information content (AvgIpc) is 2.51. The molecular formula is C18H22BrNO. The van der Waals surface area contributed by atoms with Crippen LogP contribution in [0.5, 0.6) is 5.75 Å². The smallest absolute Gasteiger partial charge is 0.119 e. The lowest BCUT2D eigenvalue weighted by Gasteiger charge is -2.20. The quantitative estimate of drug-likeness (QED) is 0.816. The largest absolute Gasteiger partial charge is 0.497 e. The third kappa shape index (κ3) is 3.86. The highest BCUT2D eigenvalue weighted by Gasteiger charge is 2.16. The van der Waals surface area contributed by atoms with Crippen LogP contribution in [0.4, 0.5) is 0 Å². The molecule has 3 heteroatoms. The first-order chi connectivity index (χ1) is 10.2. The molecule has 2 aromatic carbocycles. The van der Waals surface area contributed by atoms with Crippen LogP contribution < -0.4 is 10.1 Å². The lowest BCUT2D eigenvalue weighted by Crippen LogP contribution is -2.18. The molecule has 2 nitrogen and oxygen atoms in total. The topological polar surface area (TPSA) is 21.3 Å². The summed E-state index contributed by atoms with van der Waals surface area (Å²) in [6.45, 7) is 2.21. The Labute approximate surface area is 135 Å². The highest BCUT2D eigenvalue weighted by Crippen LogP contribution is 2.32. The van der Waals surface area contributed by atoms with Gasteiger partial charge in [0, 0.05) is 4.47 Å². The molecule has 0 bridgehead atoms. The predicted octanol–water partition coefficient (Wildman–Crippen LogP) is 4.72. The second-order valence-corrected chi connectivity index (χ2v) is 5.96. The van der Waals surface area contributed by atoms with Crippen molar-refractivity contribution in [1.82, 2.24) is 5.32 Å². The second-order valence-electron chi connectivity index (χ2n) is 5.10. The molecule has 1 atom stereocenters. The molecule has 1 unspecified atom stereocenters. The molecule has 0 amide bonds. The third-order valence-corrected chi connectivity index (χ3v) is 4.35. The Bertz CT molecular complexity index is 598. The first-order valence-electron chi connectivity index (χ1n) is 7.29. The minimum Gasteiger partial charge on any atom is -0.497 e. The Morgan fingerprint density at radius 2 is 2.00 bits per heavy atom. The summed E-state index contributed by atoms with van der Waals surface area (Å²) in [5.41, 5.74) is 3.84. The van der Waals surface area contributed by atoms with Crippen molar-refractivity contribution < 1.29 is 4.74 Å². The molecule has 2 aromatic rings. The summed E-state index contributed by atoms with van der Waals surface area (Å²) in [5.74, 6) is 0.873. The van der Waals surface area contributed by atoms with Gasteiger partial charge in [0.05, 0.1) is 13.2 Å². The van der Waals surface area contributed by atoms with Crippen LogP contribution in [0.25, 0.3) is 0 Å². The highest BCUT2D eigenvalue weighted by atomic mass is 79.9. The van der Waals surface area contributed by atoms with Crippen LogP contribution in [-0.4, -0.2) is 14.2 Å². The minimum absolute atomic E-state index is 0.145. The van der Waals surface area contributed by atoms with Crippen LogP contribution in [-0.2, 0) is 6.42 Å². The van der Waals surface area contributed by atoms with Gasteiger partial charge in [-0.25, -0.2) is 0 Å². The second kappa shape index (κ2) is 7.62. The molecule has 0 aliphatic heterocycles. The van der Waals surface area contributed by atoms with Gasteiger partial charge in [-0.2, -0.15) is 0 Å². The monoisotopic (exact) mass is 347 g/mol. The molecule has 0 aromatic heterocycles. The van der Waals surface area contributed by atoms with Crippen LogP contribution >= 0.6 is 15.9 Å². The zero-order valence-electron chi connectivity index (χ0n) is 12.8. The van der Waals surface area contributed by atoms with Gasteiger partial charge in [-0.1, -0.05) is 53.5 Å². The number of halogens is 1. The van der Waals surface area contributed by atoms with Crippen molar-refractivity contribution in [1.29, 1.82) is 0 Å². The van der Waals surface area contributed by atoms with Crippen molar-refractivity contribution in [2.24, 2.45) is 0 Å². The Morgan fingerprint density at radius 1 is 1.19 bits per heavy atom. The number of benzene rings is 2. The van der Waals surface area contributed by atoms with E-state index in [1.54, 1.807) is 7.11 Å². The van der Waals surface area contributed by atoms with Gasteiger partial charge in [-0.05, 0) is 48.4 Å². The number of nitrogens with one attached hydrogen (secondary N) is 1. The van der Waals surface area contributed by atoms with Gasteiger partial charge in [0.1, 0.15) is 5.75 Å². The molecule has 0 aliphatic rings. The maximum Gasteiger partial charge on any atom is 0.119 e. The number of hydrogen-bond acceptors (Lipinski definition) is 2. The van der Waals surface area contributed by atoms with Crippen molar-refractivity contribution in [2.75, 3.05) is 14.2 Å². The first-order valence-corrected chi connectivity index (χ1v) is 8.08. The van der Waals surface area contributed by atoms with Crippen LogP contribution in [0.15, 0.2) is 46.9 Å². The van der Waals surface area contributed by atoms with Crippen LogP contribution in [0.1, 0.15) is 36.1 Å². The van der Waals surface area contributed by atoms with Crippen molar-refractivity contribution in [3.05, 3.63) is 63.6 Å². The maximum absolute atomic E-state index is 5.35. The van der Waals surface area contributed by atoms with E-state index in [9.17, 15) is 0 Å². The summed E-state index contributed by atoms with van der Waals surface area (Å²) in [4.78, 5) is 0. The van der Waals surface area contributed by atoms with E-state index in [2.05, 4.69) is 58.5 Å². The predicted molar refractivity (Wildman–Crippen MR) is 92.0 cm³/mol. The number of ether oxygens (including phenoxy) is 1. The van der Waals surface area contributed by atoms with E-state index in [-0.39, 0.29) is 6.04 Å². The average molecular weight is 348 g/mol. The Hall–Kier alpha value is -1.32. The van der Waals surface area contributed by atoms with Crippen molar-refractivity contribution in [3.8, 4) is 5.75 Å². The van der Waals surface area contributed by atoms with E-state index in [0.29, 0.717) is 0 Å². The molecule has 0 aliphatic carbocycles. The summed E-state index contributed by atoms with van der Waals surface area (Å²) >= 11 is 3.65. The first kappa shape index (κ1) is 16.1. The van der Waals surface area contributed by atoms with E-state index >= 15 is 0 Å². The Balaban J connectivity index is 2.41. The highest BCUT2D eigenvalue weighted by molar-refractivity contribution is 9.10. The van der Waals surface area contributed by atoms with Crippen molar-refractivity contribution in [3.63, 3.8) is 0 Å². The molecule has 1 N–H and O–H groups in total. The number of hydrogen-bond donors (Lipinski definition) is 1. The summed E-state index contributed by atoms with van der Waals surface area (Å²) in [5, 5.41) is 3.41. The minimum atomic E-state index is 0.145. The van der Waals surface area contributed by atoms with Gasteiger partial charge in [0.15, 0.2) is 0 Å². The third-order valence-electron chi connectivity index (χ3n) is 3.63. The van der Waals surface area contributed by atoms with Gasteiger partial charge in [-0.15, -0.1) is 0 Å². The zero-order chi connectivity index (χ0) is 15.2. The molecule has 0 spiro atoms. The number of methoxy groups -OCH3 is 1. The van der Waals surface area contributed by atoms with Gasteiger partial charge < -0.3 is 10.1 Å². The van der Waals surface area contributed by atoms with E-state index in [1.807, 2.05) is 19.2 Å². The zero-order valence-corrected chi connectivity index (χ0v) is 14.4. The fourth-order valence-electron chi connectivity index (χ4n) is 2.59. The standard InChI is InChI=1S/C18H22BrNO/c1-4-6-13-7-5-8-14(11-13)18(20-2)16-12-15(21-3)9-10-17(16)19/h5,7-12,18,20H,4,6H2,1-3H3. The van der Waals surface area contributed by atoms with E-state index in [4.69, 9.17) is 4.74 Å². The van der Waals surface area contributed by atoms with Crippen molar-refractivity contribution in [2.45, 2.75) is 25.8 Å². The lowest BCUT2D eigenvalue weighted by molar-refractivity contribution is 0.413. The van der Waals surface area contributed by atoms with Crippen LogP contribution in [0.2, 0.25) is 0 Å². The van der Waals surface area contributed by atoms with E-state index in [1.165, 1.54) is 16.7 Å². The fourth-order valence-corrected chi connectivity index (χ4v) is 3.06. The molecule has 0 radical (unpaired) electrons. The SMILES string of the molecule is CCCc1cccc(C(NC)c2cc(OC)ccc2Br)c1.